The minimum Gasteiger partial charge on any atom is -0.365 e. The summed E-state index contributed by atoms with van der Waals surface area (Å²) in [5.74, 6) is 0.653. The molecule has 4 rings (SSSR count). The lowest BCUT2D eigenvalue weighted by Gasteiger charge is -2.33. The average Bonchev–Trinajstić information content (AvgIpc) is 3.04. The van der Waals surface area contributed by atoms with E-state index in [1.165, 1.54) is 18.3 Å². The third kappa shape index (κ3) is 4.84. The number of hydrogen-bond donors (Lipinski definition) is 2. The second-order valence-corrected chi connectivity index (χ2v) is 11.6. The van der Waals surface area contributed by atoms with Crippen LogP contribution in [0.1, 0.15) is 48.8 Å². The Bertz CT molecular complexity index is 1380. The van der Waals surface area contributed by atoms with Crippen LogP contribution < -0.4 is 16.0 Å². The van der Waals surface area contributed by atoms with E-state index >= 15 is 0 Å². The lowest BCUT2D eigenvalue weighted by Crippen LogP contribution is -2.40. The first kappa shape index (κ1) is 24.6. The molecule has 10 heteroatoms. The Labute approximate surface area is 205 Å². The van der Waals surface area contributed by atoms with Gasteiger partial charge in [-0.3, -0.25) is 4.79 Å². The van der Waals surface area contributed by atoms with Crippen LogP contribution in [0.15, 0.2) is 52.5 Å². The van der Waals surface area contributed by atoms with E-state index in [0.29, 0.717) is 24.1 Å². The number of amides is 1. The van der Waals surface area contributed by atoms with Gasteiger partial charge < -0.3 is 16.0 Å². The number of primary amides is 1. The molecule has 1 unspecified atom stereocenters. The number of aryl methyl sites for hydroxylation is 2. The van der Waals surface area contributed by atoms with Crippen LogP contribution in [-0.2, 0) is 9.84 Å². The quantitative estimate of drug-likeness (QED) is 0.529. The normalized spacial score (nSPS) is 17.4. The molecular weight excluding hydrogens is 464 g/mol. The van der Waals surface area contributed by atoms with Crippen molar-refractivity contribution in [2.45, 2.75) is 56.5 Å². The second kappa shape index (κ2) is 8.92. The zero-order valence-corrected chi connectivity index (χ0v) is 21.3. The third-order valence-corrected chi connectivity index (χ3v) is 7.81. The maximum absolute atomic E-state index is 13.7. The fourth-order valence-electron chi connectivity index (χ4n) is 4.84. The van der Waals surface area contributed by atoms with Crippen LogP contribution in [0.3, 0.4) is 0 Å². The monoisotopic (exact) mass is 494 g/mol. The number of nitrogens with one attached hydrogen (secondary N) is 1. The van der Waals surface area contributed by atoms with Crippen LogP contribution >= 0.6 is 0 Å². The number of sulfone groups is 1. The first-order chi connectivity index (χ1) is 16.4. The fraction of sp³-hybridized carbons (Fsp3) is 0.360. The number of carbonyl (C=O) groups is 1. The number of pyridine rings is 3. The van der Waals surface area contributed by atoms with Gasteiger partial charge in [0.2, 0.25) is 9.84 Å². The molecule has 0 aliphatic carbocycles. The van der Waals surface area contributed by atoms with Crippen molar-refractivity contribution in [1.29, 1.82) is 0 Å². The first-order valence-corrected chi connectivity index (χ1v) is 12.9. The number of aromatic nitrogens is 3. The molecule has 0 bridgehead atoms. The molecule has 3 aromatic rings. The van der Waals surface area contributed by atoms with Gasteiger partial charge in [-0.15, -0.1) is 0 Å². The molecule has 35 heavy (non-hydrogen) atoms. The van der Waals surface area contributed by atoms with E-state index in [4.69, 9.17) is 5.73 Å². The predicted molar refractivity (Wildman–Crippen MR) is 135 cm³/mol. The van der Waals surface area contributed by atoms with Gasteiger partial charge in [0.05, 0.1) is 4.90 Å². The summed E-state index contributed by atoms with van der Waals surface area (Å²) in [6.07, 6.45) is 2.28. The van der Waals surface area contributed by atoms with Crippen LogP contribution in [0.2, 0.25) is 0 Å². The summed E-state index contributed by atoms with van der Waals surface area (Å²) in [6.45, 7) is 10.7. The van der Waals surface area contributed by atoms with E-state index in [9.17, 15) is 13.2 Å². The number of anilines is 3. The van der Waals surface area contributed by atoms with Gasteiger partial charge in [0.25, 0.3) is 5.91 Å². The first-order valence-electron chi connectivity index (χ1n) is 11.4. The molecule has 1 amide bonds. The van der Waals surface area contributed by atoms with Gasteiger partial charge in [-0.1, -0.05) is 13.0 Å². The Balaban J connectivity index is 1.78. The molecule has 1 aliphatic heterocycles. The highest BCUT2D eigenvalue weighted by Crippen LogP contribution is 2.39. The Hall–Kier alpha value is -3.53. The number of nitrogens with zero attached hydrogens (tertiary/aromatic N) is 4. The average molecular weight is 495 g/mol. The summed E-state index contributed by atoms with van der Waals surface area (Å²) in [4.78, 5) is 27.5. The molecule has 0 aromatic carbocycles. The van der Waals surface area contributed by atoms with E-state index in [0.717, 1.165) is 17.7 Å². The number of nitrogens with two attached hydrogens (primary N) is 1. The van der Waals surface area contributed by atoms with E-state index in [2.05, 4.69) is 27.2 Å². The molecule has 9 nitrogen and oxygen atoms in total. The lowest BCUT2D eigenvalue weighted by atomic mass is 9.97. The summed E-state index contributed by atoms with van der Waals surface area (Å²) in [5, 5.41) is 2.85. The zero-order chi connectivity index (χ0) is 25.5. The van der Waals surface area contributed by atoms with Gasteiger partial charge in [0.15, 0.2) is 5.03 Å². The smallest absolute Gasteiger partial charge is 0.253 e. The van der Waals surface area contributed by atoms with Crippen molar-refractivity contribution in [3.63, 3.8) is 0 Å². The number of carbonyl (C=O) groups excluding carboxylic acids is 1. The Morgan fingerprint density at radius 1 is 1.14 bits per heavy atom. The molecule has 1 fully saturated rings. The van der Waals surface area contributed by atoms with E-state index in [1.807, 2.05) is 44.7 Å². The summed E-state index contributed by atoms with van der Waals surface area (Å²) < 4.78 is 27.4. The van der Waals surface area contributed by atoms with Crippen LogP contribution in [0, 0.1) is 19.8 Å². The van der Waals surface area contributed by atoms with Crippen molar-refractivity contribution in [3.05, 3.63) is 59.4 Å². The largest absolute Gasteiger partial charge is 0.365 e. The van der Waals surface area contributed by atoms with Gasteiger partial charge in [-0.05, 0) is 75.9 Å². The van der Waals surface area contributed by atoms with Gasteiger partial charge >= 0.3 is 0 Å². The van der Waals surface area contributed by atoms with Gasteiger partial charge in [0, 0.05) is 24.0 Å². The highest BCUT2D eigenvalue weighted by Gasteiger charge is 2.40. The Morgan fingerprint density at radius 2 is 1.89 bits per heavy atom. The Morgan fingerprint density at radius 3 is 2.51 bits per heavy atom. The highest BCUT2D eigenvalue weighted by molar-refractivity contribution is 7.91. The molecule has 0 saturated carbocycles. The lowest BCUT2D eigenvalue weighted by molar-refractivity contribution is 0.0997. The Kier molecular flexibility index (Phi) is 6.27. The molecule has 0 spiro atoms. The molecule has 0 radical (unpaired) electrons. The predicted octanol–water partition coefficient (Wildman–Crippen LogP) is 3.79. The van der Waals surface area contributed by atoms with E-state index < -0.39 is 15.7 Å². The number of hydrogen-bond acceptors (Lipinski definition) is 8. The van der Waals surface area contributed by atoms with E-state index in [1.54, 1.807) is 12.1 Å². The summed E-state index contributed by atoms with van der Waals surface area (Å²) in [5.41, 5.74) is 7.14. The van der Waals surface area contributed by atoms with Crippen molar-refractivity contribution in [1.82, 2.24) is 15.0 Å². The summed E-state index contributed by atoms with van der Waals surface area (Å²) in [6, 6.07) is 9.71. The van der Waals surface area contributed by atoms with Crippen LogP contribution in [0.4, 0.5) is 17.5 Å². The van der Waals surface area contributed by atoms with Gasteiger partial charge in [-0.25, -0.2) is 23.4 Å². The summed E-state index contributed by atoms with van der Waals surface area (Å²) in [7, 11) is -4.19. The molecular formula is C25H30N6O3S. The van der Waals surface area contributed by atoms with Crippen LogP contribution in [0.25, 0.3) is 0 Å². The highest BCUT2D eigenvalue weighted by atomic mass is 32.2. The maximum Gasteiger partial charge on any atom is 0.253 e. The fourth-order valence-corrected chi connectivity index (χ4v) is 6.24. The van der Waals surface area contributed by atoms with Gasteiger partial charge in [0.1, 0.15) is 23.0 Å². The molecule has 1 atom stereocenters. The molecule has 3 aromatic heterocycles. The molecule has 184 valence electrons. The number of rotatable bonds is 6. The van der Waals surface area contributed by atoms with Crippen LogP contribution in [0.5, 0.6) is 0 Å². The topological polar surface area (TPSA) is 131 Å². The van der Waals surface area contributed by atoms with E-state index in [-0.39, 0.29) is 26.8 Å². The zero-order valence-electron chi connectivity index (χ0n) is 20.5. The molecule has 1 saturated heterocycles. The minimum atomic E-state index is -4.19. The van der Waals surface area contributed by atoms with Crippen LogP contribution in [-0.4, -0.2) is 41.4 Å². The molecule has 3 N–H and O–H groups in total. The van der Waals surface area contributed by atoms with Gasteiger partial charge in [-0.2, -0.15) is 0 Å². The van der Waals surface area contributed by atoms with Crippen molar-refractivity contribution in [2.75, 3.05) is 16.8 Å². The maximum atomic E-state index is 13.7. The SMILES string of the molecule is Cc1cc(C)nc(Nc2cccc(S(=O)(=O)c3ccnc(N4CC(C)CC4(C)C)c3C(N)=O)n2)c1. The van der Waals surface area contributed by atoms with Crippen molar-refractivity contribution < 1.29 is 13.2 Å². The van der Waals surface area contributed by atoms with Crippen molar-refractivity contribution in [3.8, 4) is 0 Å². The van der Waals surface area contributed by atoms with Crippen molar-refractivity contribution in [2.24, 2.45) is 11.7 Å². The third-order valence-electron chi connectivity index (χ3n) is 6.11. The second-order valence-electron chi connectivity index (χ2n) is 9.76. The minimum absolute atomic E-state index is 0.120. The standard InChI is InChI=1S/C25H30N6O3S/c1-15-11-17(3)28-20(12-15)29-19-7-6-8-21(30-19)35(33,34)18-9-10-27-24(22(18)23(26)32)31-14-16(2)13-25(31,4)5/h6-12,16H,13-14H2,1-5H3,(H2,26,32)(H,28,29,30). The summed E-state index contributed by atoms with van der Waals surface area (Å²) >= 11 is 0. The molecule has 4 heterocycles. The molecule has 1 aliphatic rings. The van der Waals surface area contributed by atoms with Crippen molar-refractivity contribution >= 4 is 33.2 Å².